The summed E-state index contributed by atoms with van der Waals surface area (Å²) in [6.07, 6.45) is 5.11. The number of carbonyl (C=O) groups is 1. The van der Waals surface area contributed by atoms with Gasteiger partial charge in [-0.3, -0.25) is 9.48 Å². The summed E-state index contributed by atoms with van der Waals surface area (Å²) in [6, 6.07) is 0.103. The maximum atomic E-state index is 12.7. The molecule has 0 atom stereocenters. The monoisotopic (exact) mass is 270 g/mol. The standard InChI is InChI=1S/C13H19ClN2O2/c1-9(2)16-11(10(14)8-15-16)12(17)13(18-3)6-4-5-7-13/h8-9H,4-7H2,1-3H3. The lowest BCUT2D eigenvalue weighted by atomic mass is 9.93. The molecule has 0 amide bonds. The summed E-state index contributed by atoms with van der Waals surface area (Å²) >= 11 is 6.12. The van der Waals surface area contributed by atoms with Crippen LogP contribution >= 0.6 is 11.6 Å². The van der Waals surface area contributed by atoms with Gasteiger partial charge in [0, 0.05) is 13.2 Å². The quantitative estimate of drug-likeness (QED) is 0.789. The Morgan fingerprint density at radius 2 is 2.11 bits per heavy atom. The van der Waals surface area contributed by atoms with Crippen LogP contribution in [0.3, 0.4) is 0 Å². The van der Waals surface area contributed by atoms with Crippen molar-refractivity contribution in [3.8, 4) is 0 Å². The number of halogens is 1. The van der Waals surface area contributed by atoms with Gasteiger partial charge in [-0.15, -0.1) is 0 Å². The number of ketones is 1. The number of carbonyl (C=O) groups excluding carboxylic acids is 1. The fraction of sp³-hybridized carbons (Fsp3) is 0.692. The van der Waals surface area contributed by atoms with E-state index in [0.29, 0.717) is 10.7 Å². The zero-order chi connectivity index (χ0) is 13.3. The third kappa shape index (κ3) is 2.08. The molecule has 0 N–H and O–H groups in total. The summed E-state index contributed by atoms with van der Waals surface area (Å²) < 4.78 is 7.21. The van der Waals surface area contributed by atoms with Crippen LogP contribution in [0.15, 0.2) is 6.20 Å². The zero-order valence-corrected chi connectivity index (χ0v) is 11.8. The second-order valence-electron chi connectivity index (χ2n) is 5.11. The van der Waals surface area contributed by atoms with Crippen LogP contribution in [0.5, 0.6) is 0 Å². The average molecular weight is 271 g/mol. The molecular weight excluding hydrogens is 252 g/mol. The molecule has 18 heavy (non-hydrogen) atoms. The lowest BCUT2D eigenvalue weighted by Gasteiger charge is -2.26. The summed E-state index contributed by atoms with van der Waals surface area (Å²) in [5.74, 6) is -0.0290. The molecule has 2 rings (SSSR count). The molecule has 0 aliphatic heterocycles. The summed E-state index contributed by atoms with van der Waals surface area (Å²) in [5, 5.41) is 4.60. The van der Waals surface area contributed by atoms with Crippen molar-refractivity contribution in [1.29, 1.82) is 0 Å². The Labute approximate surface area is 112 Å². The summed E-state index contributed by atoms with van der Waals surface area (Å²) in [5.41, 5.74) is -0.216. The Morgan fingerprint density at radius 3 is 2.61 bits per heavy atom. The molecule has 1 aliphatic rings. The highest BCUT2D eigenvalue weighted by Gasteiger charge is 2.44. The number of rotatable bonds is 4. The van der Waals surface area contributed by atoms with E-state index in [2.05, 4.69) is 5.10 Å². The molecule has 1 aromatic rings. The average Bonchev–Trinajstić information content (AvgIpc) is 2.95. The molecule has 4 nitrogen and oxygen atoms in total. The van der Waals surface area contributed by atoms with Crippen LogP contribution in [0.1, 0.15) is 56.1 Å². The van der Waals surface area contributed by atoms with Crippen molar-refractivity contribution in [1.82, 2.24) is 9.78 Å². The lowest BCUT2D eigenvalue weighted by molar-refractivity contribution is 0.00505. The molecule has 0 radical (unpaired) electrons. The molecule has 0 unspecified atom stereocenters. The van der Waals surface area contributed by atoms with Crippen LogP contribution in [-0.4, -0.2) is 28.3 Å². The highest BCUT2D eigenvalue weighted by molar-refractivity contribution is 6.34. The molecule has 0 saturated heterocycles. The molecule has 1 saturated carbocycles. The van der Waals surface area contributed by atoms with Crippen molar-refractivity contribution < 1.29 is 9.53 Å². The van der Waals surface area contributed by atoms with Gasteiger partial charge < -0.3 is 4.74 Å². The van der Waals surface area contributed by atoms with Gasteiger partial charge in [-0.2, -0.15) is 5.10 Å². The summed E-state index contributed by atoms with van der Waals surface area (Å²) in [6.45, 7) is 3.96. The molecule has 1 aromatic heterocycles. The van der Waals surface area contributed by atoms with Gasteiger partial charge in [0.2, 0.25) is 5.78 Å². The van der Waals surface area contributed by atoms with E-state index in [9.17, 15) is 4.79 Å². The highest BCUT2D eigenvalue weighted by Crippen LogP contribution is 2.37. The number of aromatic nitrogens is 2. The normalized spacial score (nSPS) is 18.5. The number of nitrogens with zero attached hydrogens (tertiary/aromatic N) is 2. The van der Waals surface area contributed by atoms with Crippen molar-refractivity contribution in [2.24, 2.45) is 0 Å². The van der Waals surface area contributed by atoms with E-state index in [1.807, 2.05) is 13.8 Å². The van der Waals surface area contributed by atoms with Crippen LogP contribution < -0.4 is 0 Å². The minimum absolute atomic E-state index is 0.0290. The third-order valence-electron chi connectivity index (χ3n) is 3.67. The van der Waals surface area contributed by atoms with Crippen LogP contribution in [0.2, 0.25) is 5.02 Å². The summed E-state index contributed by atoms with van der Waals surface area (Å²) in [4.78, 5) is 12.7. The minimum Gasteiger partial charge on any atom is -0.370 e. The molecule has 0 aromatic carbocycles. The zero-order valence-electron chi connectivity index (χ0n) is 11.1. The third-order valence-corrected chi connectivity index (χ3v) is 3.95. The molecule has 100 valence electrons. The first-order valence-corrected chi connectivity index (χ1v) is 6.72. The number of hydrogen-bond donors (Lipinski definition) is 0. The lowest BCUT2D eigenvalue weighted by Crippen LogP contribution is -2.39. The maximum absolute atomic E-state index is 12.7. The highest BCUT2D eigenvalue weighted by atomic mass is 35.5. The Morgan fingerprint density at radius 1 is 1.50 bits per heavy atom. The van der Waals surface area contributed by atoms with E-state index in [-0.39, 0.29) is 11.8 Å². The van der Waals surface area contributed by atoms with Crippen LogP contribution in [-0.2, 0) is 4.74 Å². The fourth-order valence-corrected chi connectivity index (χ4v) is 2.85. The second-order valence-corrected chi connectivity index (χ2v) is 5.52. The number of ether oxygens (including phenoxy) is 1. The van der Waals surface area contributed by atoms with Gasteiger partial charge >= 0.3 is 0 Å². The smallest absolute Gasteiger partial charge is 0.214 e. The van der Waals surface area contributed by atoms with E-state index in [1.165, 1.54) is 6.20 Å². The van der Waals surface area contributed by atoms with Gasteiger partial charge in [-0.25, -0.2) is 0 Å². The Hall–Kier alpha value is -0.870. The van der Waals surface area contributed by atoms with Gasteiger partial charge in [0.25, 0.3) is 0 Å². The van der Waals surface area contributed by atoms with Crippen molar-refractivity contribution in [2.45, 2.75) is 51.2 Å². The van der Waals surface area contributed by atoms with Gasteiger partial charge in [0.05, 0.1) is 11.2 Å². The molecule has 5 heteroatoms. The SMILES string of the molecule is COC1(C(=O)c2c(Cl)cnn2C(C)C)CCCC1. The van der Waals surface area contributed by atoms with Gasteiger partial charge in [0.1, 0.15) is 11.3 Å². The number of hydrogen-bond acceptors (Lipinski definition) is 3. The van der Waals surface area contributed by atoms with Crippen molar-refractivity contribution in [3.05, 3.63) is 16.9 Å². The Bertz CT molecular complexity index is 448. The predicted octanol–water partition coefficient (Wildman–Crippen LogP) is 3.26. The first-order valence-electron chi connectivity index (χ1n) is 6.35. The van der Waals surface area contributed by atoms with Crippen molar-refractivity contribution >= 4 is 17.4 Å². The first-order chi connectivity index (χ1) is 8.52. The number of Topliss-reactive ketones (excluding diaryl/α,β-unsaturated/α-hetero) is 1. The minimum atomic E-state index is -0.698. The van der Waals surface area contributed by atoms with Crippen LogP contribution in [0.25, 0.3) is 0 Å². The van der Waals surface area contributed by atoms with E-state index in [4.69, 9.17) is 16.3 Å². The second kappa shape index (κ2) is 5.02. The van der Waals surface area contributed by atoms with Gasteiger partial charge in [0.15, 0.2) is 0 Å². The van der Waals surface area contributed by atoms with E-state index < -0.39 is 5.60 Å². The molecule has 1 fully saturated rings. The largest absolute Gasteiger partial charge is 0.370 e. The van der Waals surface area contributed by atoms with Crippen LogP contribution in [0, 0.1) is 0 Å². The topological polar surface area (TPSA) is 44.1 Å². The van der Waals surface area contributed by atoms with Crippen LogP contribution in [0.4, 0.5) is 0 Å². The first kappa shape index (κ1) is 13.6. The fourth-order valence-electron chi connectivity index (χ4n) is 2.63. The maximum Gasteiger partial charge on any atom is 0.214 e. The molecular formula is C13H19ClN2O2. The Kier molecular flexibility index (Phi) is 3.78. The Balaban J connectivity index is 2.42. The molecule has 0 spiro atoms. The predicted molar refractivity (Wildman–Crippen MR) is 70.2 cm³/mol. The van der Waals surface area contributed by atoms with E-state index >= 15 is 0 Å². The van der Waals surface area contributed by atoms with Crippen molar-refractivity contribution in [2.75, 3.05) is 7.11 Å². The molecule has 0 bridgehead atoms. The van der Waals surface area contributed by atoms with E-state index in [1.54, 1.807) is 11.8 Å². The molecule has 1 aliphatic carbocycles. The van der Waals surface area contributed by atoms with Gasteiger partial charge in [-0.1, -0.05) is 11.6 Å². The number of methoxy groups -OCH3 is 1. The van der Waals surface area contributed by atoms with Gasteiger partial charge in [-0.05, 0) is 39.5 Å². The molecule has 1 heterocycles. The van der Waals surface area contributed by atoms with Crippen molar-refractivity contribution in [3.63, 3.8) is 0 Å². The van der Waals surface area contributed by atoms with E-state index in [0.717, 1.165) is 25.7 Å². The summed E-state index contributed by atoms with van der Waals surface area (Å²) in [7, 11) is 1.60.